The van der Waals surface area contributed by atoms with Crippen molar-refractivity contribution in [2.45, 2.75) is 83.6 Å². The van der Waals surface area contributed by atoms with Crippen LogP contribution in [-0.2, 0) is 0 Å². The Balaban J connectivity index is 2.47. The van der Waals surface area contributed by atoms with Crippen molar-refractivity contribution < 1.29 is 0 Å². The molecular weight excluding hydrogens is 182 g/mol. The van der Waals surface area contributed by atoms with Gasteiger partial charge < -0.3 is 0 Å². The van der Waals surface area contributed by atoms with Gasteiger partial charge in [-0.2, -0.15) is 0 Å². The Bertz CT molecular complexity index is 135. The van der Waals surface area contributed by atoms with Crippen molar-refractivity contribution in [2.24, 2.45) is 0 Å². The van der Waals surface area contributed by atoms with Crippen LogP contribution in [0.5, 0.6) is 0 Å². The van der Waals surface area contributed by atoms with Crippen molar-refractivity contribution >= 4 is 0 Å². The molecule has 1 heteroatoms. The standard InChI is InChI=1S/C14H28N/c1-3-5-10-14(11-6-4-2)12-8-7-9-13-15-14/h3-13H2,1-2H3. The average Bonchev–Trinajstić information content (AvgIpc) is 2.50. The van der Waals surface area contributed by atoms with Gasteiger partial charge in [-0.1, -0.05) is 52.4 Å². The lowest BCUT2D eigenvalue weighted by Crippen LogP contribution is -2.39. The normalized spacial score (nSPS) is 21.2. The molecule has 0 spiro atoms. The van der Waals surface area contributed by atoms with E-state index in [0.717, 1.165) is 6.54 Å². The molecule has 1 nitrogen and oxygen atoms in total. The lowest BCUT2D eigenvalue weighted by molar-refractivity contribution is 0.253. The number of nitrogens with zero attached hydrogens (tertiary/aromatic N) is 1. The first-order valence-electron chi connectivity index (χ1n) is 7.01. The monoisotopic (exact) mass is 210 g/mol. The van der Waals surface area contributed by atoms with Crippen LogP contribution in [0.25, 0.3) is 0 Å². The second-order valence-corrected chi connectivity index (χ2v) is 5.12. The molecule has 0 aromatic carbocycles. The predicted molar refractivity (Wildman–Crippen MR) is 67.3 cm³/mol. The summed E-state index contributed by atoms with van der Waals surface area (Å²) in [6.45, 7) is 5.72. The van der Waals surface area contributed by atoms with E-state index in [9.17, 15) is 0 Å². The molecule has 15 heavy (non-hydrogen) atoms. The van der Waals surface area contributed by atoms with Crippen molar-refractivity contribution in [2.75, 3.05) is 6.54 Å². The zero-order valence-corrected chi connectivity index (χ0v) is 10.7. The largest absolute Gasteiger partial charge is 0.235 e. The van der Waals surface area contributed by atoms with Crippen LogP contribution in [0.1, 0.15) is 78.1 Å². The first-order chi connectivity index (χ1) is 7.33. The fraction of sp³-hybridized carbons (Fsp3) is 1.00. The summed E-state index contributed by atoms with van der Waals surface area (Å²) in [6, 6.07) is 0. The highest BCUT2D eigenvalue weighted by molar-refractivity contribution is 4.88. The smallest absolute Gasteiger partial charge is 0.0356 e. The van der Waals surface area contributed by atoms with Crippen molar-refractivity contribution in [3.8, 4) is 0 Å². The number of unbranched alkanes of at least 4 members (excludes halogenated alkanes) is 2. The SMILES string of the molecule is CCCCC1(CCCC)CCCCC[N]1. The lowest BCUT2D eigenvalue weighted by Gasteiger charge is -2.32. The fourth-order valence-electron chi connectivity index (χ4n) is 2.68. The van der Waals surface area contributed by atoms with E-state index in [0.29, 0.717) is 5.54 Å². The Morgan fingerprint density at radius 2 is 1.60 bits per heavy atom. The third-order valence-corrected chi connectivity index (χ3v) is 3.74. The molecule has 0 aliphatic carbocycles. The third-order valence-electron chi connectivity index (χ3n) is 3.74. The van der Waals surface area contributed by atoms with Gasteiger partial charge in [0.1, 0.15) is 0 Å². The van der Waals surface area contributed by atoms with E-state index in [1.54, 1.807) is 0 Å². The number of hydrogen-bond acceptors (Lipinski definition) is 0. The summed E-state index contributed by atoms with van der Waals surface area (Å²) in [5.74, 6) is 0. The van der Waals surface area contributed by atoms with Crippen molar-refractivity contribution in [1.82, 2.24) is 5.32 Å². The quantitative estimate of drug-likeness (QED) is 0.621. The van der Waals surface area contributed by atoms with Gasteiger partial charge in [0.2, 0.25) is 0 Å². The molecule has 0 atom stereocenters. The lowest BCUT2D eigenvalue weighted by atomic mass is 9.83. The van der Waals surface area contributed by atoms with E-state index >= 15 is 0 Å². The van der Waals surface area contributed by atoms with Gasteiger partial charge in [0.25, 0.3) is 0 Å². The Hall–Kier alpha value is -0.0400. The average molecular weight is 210 g/mol. The minimum atomic E-state index is 0.391. The number of rotatable bonds is 6. The fourth-order valence-corrected chi connectivity index (χ4v) is 2.68. The van der Waals surface area contributed by atoms with Gasteiger partial charge in [0.05, 0.1) is 0 Å². The van der Waals surface area contributed by atoms with Crippen molar-refractivity contribution in [1.29, 1.82) is 0 Å². The molecule has 0 saturated carbocycles. The van der Waals surface area contributed by atoms with Gasteiger partial charge in [-0.3, -0.25) is 0 Å². The second kappa shape index (κ2) is 7.27. The molecule has 0 amide bonds. The van der Waals surface area contributed by atoms with E-state index in [1.807, 2.05) is 0 Å². The molecule has 89 valence electrons. The molecule has 0 unspecified atom stereocenters. The highest BCUT2D eigenvalue weighted by Crippen LogP contribution is 2.30. The van der Waals surface area contributed by atoms with Gasteiger partial charge in [-0.25, -0.2) is 5.32 Å². The van der Waals surface area contributed by atoms with Crippen molar-refractivity contribution in [3.63, 3.8) is 0 Å². The van der Waals surface area contributed by atoms with Gasteiger partial charge in [-0.15, -0.1) is 0 Å². The summed E-state index contributed by atoms with van der Waals surface area (Å²) in [6.07, 6.45) is 13.6. The van der Waals surface area contributed by atoms with E-state index in [-0.39, 0.29) is 0 Å². The van der Waals surface area contributed by atoms with Gasteiger partial charge in [0, 0.05) is 12.1 Å². The van der Waals surface area contributed by atoms with Crippen LogP contribution in [0.15, 0.2) is 0 Å². The molecule has 0 N–H and O–H groups in total. The maximum atomic E-state index is 5.03. The first-order valence-corrected chi connectivity index (χ1v) is 7.01. The molecule has 0 bridgehead atoms. The third kappa shape index (κ3) is 4.55. The van der Waals surface area contributed by atoms with Crippen LogP contribution in [0.3, 0.4) is 0 Å². The minimum Gasteiger partial charge on any atom is -0.235 e. The topological polar surface area (TPSA) is 14.1 Å². The zero-order chi connectivity index (χ0) is 11.0. The van der Waals surface area contributed by atoms with Crippen LogP contribution < -0.4 is 5.32 Å². The van der Waals surface area contributed by atoms with E-state index < -0.39 is 0 Å². The van der Waals surface area contributed by atoms with Gasteiger partial charge in [0.15, 0.2) is 0 Å². The molecule has 1 rings (SSSR count). The molecule has 1 aliphatic rings. The Morgan fingerprint density at radius 3 is 2.20 bits per heavy atom. The molecule has 0 aromatic rings. The molecule has 0 aromatic heterocycles. The Kier molecular flexibility index (Phi) is 6.31. The molecule has 1 fully saturated rings. The molecule has 1 heterocycles. The zero-order valence-electron chi connectivity index (χ0n) is 10.7. The molecule has 1 radical (unpaired) electrons. The first kappa shape index (κ1) is 13.0. The Labute approximate surface area is 96.0 Å². The summed E-state index contributed by atoms with van der Waals surface area (Å²) in [5, 5.41) is 5.03. The van der Waals surface area contributed by atoms with Crippen LogP contribution in [-0.4, -0.2) is 12.1 Å². The maximum absolute atomic E-state index is 5.03. The van der Waals surface area contributed by atoms with Crippen LogP contribution in [0.2, 0.25) is 0 Å². The summed E-state index contributed by atoms with van der Waals surface area (Å²) in [7, 11) is 0. The predicted octanol–water partition coefficient (Wildman–Crippen LogP) is 4.28. The molecule has 1 saturated heterocycles. The van der Waals surface area contributed by atoms with E-state index in [2.05, 4.69) is 13.8 Å². The summed E-state index contributed by atoms with van der Waals surface area (Å²) in [5.41, 5.74) is 0.391. The maximum Gasteiger partial charge on any atom is 0.0356 e. The van der Waals surface area contributed by atoms with Crippen LogP contribution in [0.4, 0.5) is 0 Å². The Morgan fingerprint density at radius 1 is 0.933 bits per heavy atom. The van der Waals surface area contributed by atoms with Gasteiger partial charge >= 0.3 is 0 Å². The molecular formula is C14H28N. The van der Waals surface area contributed by atoms with E-state index in [4.69, 9.17) is 5.32 Å². The summed E-state index contributed by atoms with van der Waals surface area (Å²) < 4.78 is 0. The summed E-state index contributed by atoms with van der Waals surface area (Å²) >= 11 is 0. The van der Waals surface area contributed by atoms with Gasteiger partial charge in [-0.05, 0) is 25.7 Å². The van der Waals surface area contributed by atoms with E-state index in [1.165, 1.54) is 64.2 Å². The molecule has 1 aliphatic heterocycles. The van der Waals surface area contributed by atoms with Crippen molar-refractivity contribution in [3.05, 3.63) is 0 Å². The highest BCUT2D eigenvalue weighted by atomic mass is 15.0. The summed E-state index contributed by atoms with van der Waals surface area (Å²) in [4.78, 5) is 0. The van der Waals surface area contributed by atoms with Crippen LogP contribution >= 0.6 is 0 Å². The van der Waals surface area contributed by atoms with Crippen LogP contribution in [0, 0.1) is 0 Å². The number of hydrogen-bond donors (Lipinski definition) is 0. The second-order valence-electron chi connectivity index (χ2n) is 5.12. The highest BCUT2D eigenvalue weighted by Gasteiger charge is 2.30. The minimum absolute atomic E-state index is 0.391.